The largest absolute Gasteiger partial charge is 0.444 e. The van der Waals surface area contributed by atoms with Crippen LogP contribution >= 0.6 is 11.8 Å². The van der Waals surface area contributed by atoms with Crippen molar-refractivity contribution in [2.45, 2.75) is 75.8 Å². The number of nitrogens with zero attached hydrogens (tertiary/aromatic N) is 1. The van der Waals surface area contributed by atoms with Crippen LogP contribution in [0, 0.1) is 5.41 Å². The van der Waals surface area contributed by atoms with Gasteiger partial charge in [-0.3, -0.25) is 4.79 Å². The van der Waals surface area contributed by atoms with E-state index >= 15 is 0 Å². The second-order valence-corrected chi connectivity index (χ2v) is 12.0. The van der Waals surface area contributed by atoms with E-state index in [9.17, 15) is 14.4 Å². The fourth-order valence-electron chi connectivity index (χ4n) is 3.97. The Hall–Kier alpha value is -2.54. The number of aldehydes is 1. The first-order chi connectivity index (χ1) is 15.4. The van der Waals surface area contributed by atoms with E-state index in [4.69, 9.17) is 4.74 Å². The third-order valence-electron chi connectivity index (χ3n) is 5.54. The minimum Gasteiger partial charge on any atom is -0.444 e. The van der Waals surface area contributed by atoms with Gasteiger partial charge in [-0.2, -0.15) is 0 Å². The van der Waals surface area contributed by atoms with Crippen LogP contribution in [0.3, 0.4) is 0 Å². The highest BCUT2D eigenvalue weighted by atomic mass is 32.2. The lowest BCUT2D eigenvalue weighted by atomic mass is 9.85. The highest BCUT2D eigenvalue weighted by molar-refractivity contribution is 8.00. The molecule has 1 aliphatic heterocycles. The number of carbonyl (C=O) groups is 3. The minimum absolute atomic E-state index is 0.0902. The Labute approximate surface area is 200 Å². The maximum atomic E-state index is 13.5. The van der Waals surface area contributed by atoms with Crippen LogP contribution in [0.25, 0.3) is 10.8 Å². The molecule has 1 aliphatic rings. The molecule has 33 heavy (non-hydrogen) atoms. The van der Waals surface area contributed by atoms with Crippen molar-refractivity contribution < 1.29 is 19.1 Å². The molecule has 1 fully saturated rings. The third kappa shape index (κ3) is 6.50. The van der Waals surface area contributed by atoms with E-state index < -0.39 is 29.2 Å². The molecule has 0 bridgehead atoms. The van der Waals surface area contributed by atoms with Crippen LogP contribution < -0.4 is 5.32 Å². The summed E-state index contributed by atoms with van der Waals surface area (Å²) in [4.78, 5) is 40.5. The van der Waals surface area contributed by atoms with Crippen molar-refractivity contribution in [3.05, 3.63) is 42.5 Å². The molecular weight excluding hydrogens is 436 g/mol. The lowest BCUT2D eigenvalue weighted by Crippen LogP contribution is -2.56. The van der Waals surface area contributed by atoms with Crippen molar-refractivity contribution in [1.29, 1.82) is 0 Å². The molecule has 0 spiro atoms. The van der Waals surface area contributed by atoms with Crippen LogP contribution in [-0.4, -0.2) is 52.7 Å². The van der Waals surface area contributed by atoms with E-state index in [2.05, 4.69) is 35.6 Å². The molecule has 0 saturated carbocycles. The minimum atomic E-state index is -0.806. The molecule has 2 amide bonds. The zero-order chi connectivity index (χ0) is 24.4. The summed E-state index contributed by atoms with van der Waals surface area (Å²) >= 11 is 1.68. The number of benzene rings is 2. The summed E-state index contributed by atoms with van der Waals surface area (Å²) in [6.07, 6.45) is 0.780. The van der Waals surface area contributed by atoms with Gasteiger partial charge in [0, 0.05) is 16.7 Å². The van der Waals surface area contributed by atoms with Gasteiger partial charge in [0.05, 0.1) is 6.04 Å². The molecule has 0 aliphatic carbocycles. The lowest BCUT2D eigenvalue weighted by molar-refractivity contribution is -0.139. The average molecular weight is 471 g/mol. The van der Waals surface area contributed by atoms with Gasteiger partial charge in [-0.15, -0.1) is 11.8 Å². The molecule has 7 heteroatoms. The molecule has 1 N–H and O–H groups in total. The average Bonchev–Trinajstić information content (AvgIpc) is 3.12. The quantitative estimate of drug-likeness (QED) is 0.620. The molecule has 1 heterocycles. The fraction of sp³-hybridized carbons (Fsp3) is 0.500. The van der Waals surface area contributed by atoms with Gasteiger partial charge in [-0.1, -0.05) is 51.1 Å². The van der Waals surface area contributed by atoms with Crippen molar-refractivity contribution in [2.75, 3.05) is 6.54 Å². The number of hydrogen-bond acceptors (Lipinski definition) is 5. The van der Waals surface area contributed by atoms with E-state index in [0.29, 0.717) is 13.0 Å². The van der Waals surface area contributed by atoms with Crippen LogP contribution in [0.5, 0.6) is 0 Å². The summed E-state index contributed by atoms with van der Waals surface area (Å²) in [5.74, 6) is -0.257. The number of ether oxygens (including phenoxy) is 1. The van der Waals surface area contributed by atoms with E-state index in [1.807, 2.05) is 32.9 Å². The van der Waals surface area contributed by atoms with E-state index in [1.165, 1.54) is 5.39 Å². The maximum Gasteiger partial charge on any atom is 0.408 e. The zero-order valence-corrected chi connectivity index (χ0v) is 21.1. The van der Waals surface area contributed by atoms with Crippen LogP contribution in [0.4, 0.5) is 4.79 Å². The number of amides is 2. The topological polar surface area (TPSA) is 75.7 Å². The van der Waals surface area contributed by atoms with Crippen molar-refractivity contribution >= 4 is 40.8 Å². The fourth-order valence-corrected chi connectivity index (χ4v) is 5.22. The molecule has 3 rings (SSSR count). The summed E-state index contributed by atoms with van der Waals surface area (Å²) < 4.78 is 5.37. The first-order valence-corrected chi connectivity index (χ1v) is 12.2. The van der Waals surface area contributed by atoms with Crippen molar-refractivity contribution in [3.63, 3.8) is 0 Å². The molecular formula is C26H34N2O4S. The molecule has 0 aromatic heterocycles. The normalized spacial score (nSPS) is 19.9. The first kappa shape index (κ1) is 25.1. The molecule has 2 aromatic rings. The molecule has 3 atom stereocenters. The first-order valence-electron chi connectivity index (χ1n) is 11.3. The van der Waals surface area contributed by atoms with E-state index in [-0.39, 0.29) is 11.2 Å². The molecule has 6 nitrogen and oxygen atoms in total. The Morgan fingerprint density at radius 2 is 1.76 bits per heavy atom. The van der Waals surface area contributed by atoms with Crippen LogP contribution in [0.15, 0.2) is 47.4 Å². The van der Waals surface area contributed by atoms with E-state index in [0.717, 1.165) is 16.6 Å². The molecule has 1 saturated heterocycles. The Morgan fingerprint density at radius 1 is 1.09 bits per heavy atom. The molecule has 0 unspecified atom stereocenters. The highest BCUT2D eigenvalue weighted by Gasteiger charge is 2.43. The number of likely N-dealkylation sites (tertiary alicyclic amines) is 1. The third-order valence-corrected chi connectivity index (χ3v) is 6.74. The molecule has 2 aromatic carbocycles. The predicted octanol–water partition coefficient (Wildman–Crippen LogP) is 5.04. The lowest BCUT2D eigenvalue weighted by Gasteiger charge is -2.35. The van der Waals surface area contributed by atoms with Gasteiger partial charge < -0.3 is 19.7 Å². The number of thioether (sulfide) groups is 1. The summed E-state index contributed by atoms with van der Waals surface area (Å²) in [6, 6.07) is 13.2. The van der Waals surface area contributed by atoms with Gasteiger partial charge in [0.1, 0.15) is 17.9 Å². The zero-order valence-electron chi connectivity index (χ0n) is 20.3. The Balaban J connectivity index is 1.74. The second kappa shape index (κ2) is 9.75. The Bertz CT molecular complexity index is 1020. The van der Waals surface area contributed by atoms with Crippen LogP contribution in [0.1, 0.15) is 48.0 Å². The Kier molecular flexibility index (Phi) is 7.42. The number of carbonyl (C=O) groups excluding carboxylic acids is 3. The molecule has 0 radical (unpaired) electrons. The summed E-state index contributed by atoms with van der Waals surface area (Å²) in [5.41, 5.74) is -1.22. The highest BCUT2D eigenvalue weighted by Crippen LogP contribution is 2.35. The number of hydrogen-bond donors (Lipinski definition) is 1. The smallest absolute Gasteiger partial charge is 0.408 e. The number of alkyl carbamates (subject to hydrolysis) is 1. The predicted molar refractivity (Wildman–Crippen MR) is 132 cm³/mol. The number of rotatable bonds is 5. The monoisotopic (exact) mass is 470 g/mol. The van der Waals surface area contributed by atoms with Gasteiger partial charge in [0.2, 0.25) is 5.91 Å². The molecule has 178 valence electrons. The summed E-state index contributed by atoms with van der Waals surface area (Å²) in [5, 5.41) is 5.17. The van der Waals surface area contributed by atoms with Crippen molar-refractivity contribution in [2.24, 2.45) is 5.41 Å². The van der Waals surface area contributed by atoms with E-state index in [1.54, 1.807) is 37.4 Å². The number of nitrogens with one attached hydrogen (secondary N) is 1. The van der Waals surface area contributed by atoms with Gasteiger partial charge in [-0.25, -0.2) is 4.79 Å². The SMILES string of the molecule is CC(C)(C)OC(=O)N[C@H](C(=O)N1C[C@H](Sc2ccc3ccccc3c2)C[C@H]1C=O)C(C)(C)C. The van der Waals surface area contributed by atoms with Crippen LogP contribution in [0.2, 0.25) is 0 Å². The summed E-state index contributed by atoms with van der Waals surface area (Å²) in [7, 11) is 0. The van der Waals surface area contributed by atoms with Gasteiger partial charge >= 0.3 is 6.09 Å². The second-order valence-electron chi connectivity index (χ2n) is 10.6. The Morgan fingerprint density at radius 3 is 2.36 bits per heavy atom. The van der Waals surface area contributed by atoms with Crippen molar-refractivity contribution in [1.82, 2.24) is 10.2 Å². The van der Waals surface area contributed by atoms with Crippen LogP contribution in [-0.2, 0) is 14.3 Å². The van der Waals surface area contributed by atoms with Gasteiger partial charge in [0.15, 0.2) is 0 Å². The maximum absolute atomic E-state index is 13.5. The summed E-state index contributed by atoms with van der Waals surface area (Å²) in [6.45, 7) is 11.4. The van der Waals surface area contributed by atoms with Gasteiger partial charge in [-0.05, 0) is 55.5 Å². The van der Waals surface area contributed by atoms with Gasteiger partial charge in [0.25, 0.3) is 0 Å². The number of fused-ring (bicyclic) bond motifs is 1. The standard InChI is InChI=1S/C26H34N2O4S/c1-25(2,3)22(27-24(31)32-26(4,5)6)23(30)28-15-21(14-19(28)16-29)33-20-12-11-17-9-7-8-10-18(17)13-20/h7-13,16,19,21-22H,14-15H2,1-6H3,(H,27,31)/t19-,21+,22+/m0/s1. The van der Waals surface area contributed by atoms with Crippen molar-refractivity contribution in [3.8, 4) is 0 Å².